The van der Waals surface area contributed by atoms with Crippen LogP contribution in [0.15, 0.2) is 33.5 Å². The summed E-state index contributed by atoms with van der Waals surface area (Å²) in [4.78, 5) is 15.5. The molecule has 0 saturated heterocycles. The van der Waals surface area contributed by atoms with Crippen LogP contribution < -0.4 is 11.1 Å². The average Bonchev–Trinajstić information content (AvgIpc) is 2.69. The highest BCUT2D eigenvalue weighted by Crippen LogP contribution is 2.26. The van der Waals surface area contributed by atoms with E-state index in [4.69, 9.17) is 5.73 Å². The van der Waals surface area contributed by atoms with Crippen molar-refractivity contribution in [2.75, 3.05) is 11.1 Å². The minimum Gasteiger partial charge on any atom is -0.367 e. The first-order chi connectivity index (χ1) is 8.54. The molecule has 0 aliphatic heterocycles. The molecule has 0 bridgehead atoms. The first kappa shape index (κ1) is 13.0. The van der Waals surface area contributed by atoms with Crippen molar-refractivity contribution in [1.29, 1.82) is 0 Å². The van der Waals surface area contributed by atoms with Gasteiger partial charge < -0.3 is 11.1 Å². The fourth-order valence-corrected chi connectivity index (χ4v) is 2.02. The highest BCUT2D eigenvalue weighted by Gasteiger charge is 2.08. The second kappa shape index (κ2) is 5.49. The van der Waals surface area contributed by atoms with E-state index in [0.717, 1.165) is 8.95 Å². The number of nitrogens with zero attached hydrogens (tertiary/aromatic N) is 3. The van der Waals surface area contributed by atoms with E-state index >= 15 is 0 Å². The lowest BCUT2D eigenvalue weighted by molar-refractivity contribution is -0.116. The third kappa shape index (κ3) is 3.30. The summed E-state index contributed by atoms with van der Waals surface area (Å²) in [6.45, 7) is 0.0587. The van der Waals surface area contributed by atoms with Gasteiger partial charge in [0.2, 0.25) is 11.9 Å². The lowest BCUT2D eigenvalue weighted by atomic mass is 10.3. The molecule has 0 aliphatic carbocycles. The first-order valence-electron chi connectivity index (χ1n) is 4.94. The maximum atomic E-state index is 11.8. The Hall–Kier alpha value is -1.41. The molecule has 0 atom stereocenters. The molecular formula is C10H9Br2N5O. The van der Waals surface area contributed by atoms with Crippen molar-refractivity contribution in [3.8, 4) is 0 Å². The van der Waals surface area contributed by atoms with Gasteiger partial charge in [0, 0.05) is 8.95 Å². The molecule has 18 heavy (non-hydrogen) atoms. The van der Waals surface area contributed by atoms with Gasteiger partial charge in [-0.1, -0.05) is 15.9 Å². The van der Waals surface area contributed by atoms with Crippen LogP contribution in [0.5, 0.6) is 0 Å². The Morgan fingerprint density at radius 3 is 2.89 bits per heavy atom. The Morgan fingerprint density at radius 1 is 1.44 bits per heavy atom. The first-order valence-corrected chi connectivity index (χ1v) is 6.53. The van der Waals surface area contributed by atoms with E-state index < -0.39 is 0 Å². The smallest absolute Gasteiger partial charge is 0.246 e. The maximum absolute atomic E-state index is 11.8. The molecule has 0 fully saturated rings. The molecule has 1 aromatic heterocycles. The van der Waals surface area contributed by atoms with Gasteiger partial charge in [-0.15, -0.1) is 5.10 Å². The standard InChI is InChI=1S/C10H9Br2N5O/c11-6-1-2-7(12)8(3-6)15-9(18)4-17-5-14-10(13)16-17/h1-3,5H,4H2,(H2,13,16)(H,15,18). The Balaban J connectivity index is 2.05. The fourth-order valence-electron chi connectivity index (χ4n) is 1.32. The van der Waals surface area contributed by atoms with Gasteiger partial charge in [0.25, 0.3) is 0 Å². The maximum Gasteiger partial charge on any atom is 0.246 e. The zero-order valence-corrected chi connectivity index (χ0v) is 12.3. The number of carbonyl (C=O) groups excluding carboxylic acids is 1. The van der Waals surface area contributed by atoms with Crippen LogP contribution in [-0.2, 0) is 11.3 Å². The van der Waals surface area contributed by atoms with Crippen molar-refractivity contribution < 1.29 is 4.79 Å². The Bertz CT molecular complexity index is 583. The summed E-state index contributed by atoms with van der Waals surface area (Å²) in [5.41, 5.74) is 6.05. The number of amides is 1. The van der Waals surface area contributed by atoms with Crippen LogP contribution in [0, 0.1) is 0 Å². The summed E-state index contributed by atoms with van der Waals surface area (Å²) in [6, 6.07) is 5.52. The minimum atomic E-state index is -0.210. The van der Waals surface area contributed by atoms with E-state index in [1.807, 2.05) is 12.1 Å². The van der Waals surface area contributed by atoms with Crippen LogP contribution in [0.1, 0.15) is 0 Å². The normalized spacial score (nSPS) is 10.3. The zero-order chi connectivity index (χ0) is 13.1. The molecule has 8 heteroatoms. The number of carbonyl (C=O) groups is 1. The van der Waals surface area contributed by atoms with Gasteiger partial charge in [0.15, 0.2) is 0 Å². The summed E-state index contributed by atoms with van der Waals surface area (Å²) in [5.74, 6) is -0.0647. The van der Waals surface area contributed by atoms with E-state index in [9.17, 15) is 4.79 Å². The van der Waals surface area contributed by atoms with Crippen molar-refractivity contribution in [1.82, 2.24) is 14.8 Å². The second-order valence-corrected chi connectivity index (χ2v) is 5.24. The minimum absolute atomic E-state index is 0.0587. The second-order valence-electron chi connectivity index (χ2n) is 3.47. The summed E-state index contributed by atoms with van der Waals surface area (Å²) in [7, 11) is 0. The van der Waals surface area contributed by atoms with Crippen LogP contribution in [0.4, 0.5) is 11.6 Å². The van der Waals surface area contributed by atoms with Gasteiger partial charge >= 0.3 is 0 Å². The number of rotatable bonds is 3. The van der Waals surface area contributed by atoms with Crippen molar-refractivity contribution >= 4 is 49.4 Å². The molecule has 0 radical (unpaired) electrons. The van der Waals surface area contributed by atoms with Crippen molar-refractivity contribution in [3.05, 3.63) is 33.5 Å². The van der Waals surface area contributed by atoms with Crippen molar-refractivity contribution in [3.63, 3.8) is 0 Å². The number of halogens is 2. The molecule has 0 spiro atoms. The summed E-state index contributed by atoms with van der Waals surface area (Å²) < 4.78 is 3.06. The van der Waals surface area contributed by atoms with E-state index in [2.05, 4.69) is 47.3 Å². The van der Waals surface area contributed by atoms with Crippen LogP contribution in [0.25, 0.3) is 0 Å². The molecule has 1 amide bonds. The predicted octanol–water partition coefficient (Wildman–Crippen LogP) is 2.02. The Morgan fingerprint density at radius 2 is 2.22 bits per heavy atom. The van der Waals surface area contributed by atoms with Gasteiger partial charge in [-0.2, -0.15) is 0 Å². The molecule has 0 saturated carbocycles. The molecule has 0 unspecified atom stereocenters. The molecule has 2 aromatic rings. The highest BCUT2D eigenvalue weighted by atomic mass is 79.9. The van der Waals surface area contributed by atoms with Gasteiger partial charge in [-0.25, -0.2) is 9.67 Å². The number of aromatic nitrogens is 3. The SMILES string of the molecule is Nc1ncn(CC(=O)Nc2cc(Br)ccc2Br)n1. The van der Waals surface area contributed by atoms with E-state index in [1.165, 1.54) is 11.0 Å². The average molecular weight is 375 g/mol. The lowest BCUT2D eigenvalue weighted by Gasteiger charge is -2.07. The zero-order valence-electron chi connectivity index (χ0n) is 9.10. The van der Waals surface area contributed by atoms with Crippen LogP contribution in [0.2, 0.25) is 0 Å². The topological polar surface area (TPSA) is 85.8 Å². The molecule has 1 heterocycles. The summed E-state index contributed by atoms with van der Waals surface area (Å²) in [5, 5.41) is 6.60. The van der Waals surface area contributed by atoms with Crippen molar-refractivity contribution in [2.45, 2.75) is 6.54 Å². The number of benzene rings is 1. The van der Waals surface area contributed by atoms with Crippen LogP contribution in [0.3, 0.4) is 0 Å². The van der Waals surface area contributed by atoms with E-state index in [0.29, 0.717) is 5.69 Å². The summed E-state index contributed by atoms with van der Waals surface area (Å²) >= 11 is 6.70. The number of nitrogen functional groups attached to an aromatic ring is 1. The molecule has 94 valence electrons. The Kier molecular flexibility index (Phi) is 3.97. The third-order valence-electron chi connectivity index (χ3n) is 2.06. The van der Waals surface area contributed by atoms with Gasteiger partial charge in [0.1, 0.15) is 12.9 Å². The number of hydrogen-bond donors (Lipinski definition) is 2. The van der Waals surface area contributed by atoms with E-state index in [-0.39, 0.29) is 18.4 Å². The molecule has 6 nitrogen and oxygen atoms in total. The molecule has 1 aromatic carbocycles. The Labute approximate surface area is 120 Å². The van der Waals surface area contributed by atoms with Gasteiger partial charge in [-0.05, 0) is 34.1 Å². The highest BCUT2D eigenvalue weighted by molar-refractivity contribution is 9.11. The summed E-state index contributed by atoms with van der Waals surface area (Å²) in [6.07, 6.45) is 1.41. The predicted molar refractivity (Wildman–Crippen MR) is 74.9 cm³/mol. The van der Waals surface area contributed by atoms with Crippen LogP contribution >= 0.6 is 31.9 Å². The molecule has 2 rings (SSSR count). The quantitative estimate of drug-likeness (QED) is 0.860. The number of anilines is 2. The number of hydrogen-bond acceptors (Lipinski definition) is 4. The number of nitrogens with two attached hydrogens (primary N) is 1. The van der Waals surface area contributed by atoms with E-state index in [1.54, 1.807) is 6.07 Å². The van der Waals surface area contributed by atoms with Crippen molar-refractivity contribution in [2.24, 2.45) is 0 Å². The monoisotopic (exact) mass is 373 g/mol. The largest absolute Gasteiger partial charge is 0.367 e. The molecule has 3 N–H and O–H groups in total. The number of nitrogens with one attached hydrogen (secondary N) is 1. The lowest BCUT2D eigenvalue weighted by Crippen LogP contribution is -2.19. The van der Waals surface area contributed by atoms with Gasteiger partial charge in [-0.3, -0.25) is 4.79 Å². The van der Waals surface area contributed by atoms with Gasteiger partial charge in [0.05, 0.1) is 5.69 Å². The fraction of sp³-hybridized carbons (Fsp3) is 0.100. The third-order valence-corrected chi connectivity index (χ3v) is 3.25. The molecule has 0 aliphatic rings. The van der Waals surface area contributed by atoms with Crippen LogP contribution in [-0.4, -0.2) is 20.7 Å². The molecular weight excluding hydrogens is 366 g/mol.